The monoisotopic (exact) mass is 245 g/mol. The van der Waals surface area contributed by atoms with Crippen molar-refractivity contribution in [3.8, 4) is 0 Å². The van der Waals surface area contributed by atoms with Crippen LogP contribution < -0.4 is 0 Å². The number of likely N-dealkylation sites (tertiary alicyclic amines) is 1. The summed E-state index contributed by atoms with van der Waals surface area (Å²) in [5.74, 6) is -1.15. The van der Waals surface area contributed by atoms with Crippen molar-refractivity contribution < 1.29 is 14.7 Å². The zero-order chi connectivity index (χ0) is 13.0. The van der Waals surface area contributed by atoms with Crippen LogP contribution in [0.3, 0.4) is 0 Å². The zero-order valence-corrected chi connectivity index (χ0v) is 9.95. The first kappa shape index (κ1) is 12.4. The summed E-state index contributed by atoms with van der Waals surface area (Å²) in [5, 5.41) is 9.00. The van der Waals surface area contributed by atoms with Crippen LogP contribution >= 0.6 is 0 Å². The summed E-state index contributed by atoms with van der Waals surface area (Å²) in [6.07, 6.45) is 4.44. The maximum Gasteiger partial charge on any atom is 0.326 e. The first-order valence-corrected chi connectivity index (χ1v) is 5.95. The molecule has 1 fully saturated rings. The highest BCUT2D eigenvalue weighted by atomic mass is 16.4. The van der Waals surface area contributed by atoms with E-state index in [0.717, 1.165) is 12.0 Å². The summed E-state index contributed by atoms with van der Waals surface area (Å²) in [7, 11) is 0. The molecule has 0 bridgehead atoms. The fourth-order valence-electron chi connectivity index (χ4n) is 2.11. The van der Waals surface area contributed by atoms with Gasteiger partial charge in [-0.2, -0.15) is 0 Å². The van der Waals surface area contributed by atoms with Crippen LogP contribution in [0.25, 0.3) is 6.08 Å². The summed E-state index contributed by atoms with van der Waals surface area (Å²) in [4.78, 5) is 24.3. The Labute approximate surface area is 106 Å². The van der Waals surface area contributed by atoms with Gasteiger partial charge in [0.15, 0.2) is 0 Å². The summed E-state index contributed by atoms with van der Waals surface area (Å²) < 4.78 is 0. The normalized spacial score (nSPS) is 19.3. The van der Waals surface area contributed by atoms with Crippen molar-refractivity contribution in [2.75, 3.05) is 6.54 Å². The number of rotatable bonds is 3. The molecule has 1 aliphatic rings. The van der Waals surface area contributed by atoms with Crippen molar-refractivity contribution in [3.63, 3.8) is 0 Å². The van der Waals surface area contributed by atoms with E-state index in [1.165, 1.54) is 11.0 Å². The Morgan fingerprint density at radius 2 is 2.00 bits per heavy atom. The molecule has 1 saturated heterocycles. The maximum absolute atomic E-state index is 11.9. The van der Waals surface area contributed by atoms with Crippen molar-refractivity contribution >= 4 is 18.0 Å². The second kappa shape index (κ2) is 5.49. The minimum absolute atomic E-state index is 0.233. The van der Waals surface area contributed by atoms with Gasteiger partial charge in [-0.15, -0.1) is 0 Å². The quantitative estimate of drug-likeness (QED) is 0.826. The summed E-state index contributed by atoms with van der Waals surface area (Å²) in [6.45, 7) is 0.523. The highest BCUT2D eigenvalue weighted by Gasteiger charge is 2.32. The number of carbonyl (C=O) groups excluding carboxylic acids is 1. The Kier molecular flexibility index (Phi) is 3.77. The van der Waals surface area contributed by atoms with Gasteiger partial charge in [-0.1, -0.05) is 30.3 Å². The Morgan fingerprint density at radius 1 is 1.28 bits per heavy atom. The van der Waals surface area contributed by atoms with Crippen LogP contribution in [0.5, 0.6) is 0 Å². The Balaban J connectivity index is 2.04. The molecule has 0 saturated carbocycles. The van der Waals surface area contributed by atoms with Crippen molar-refractivity contribution in [1.29, 1.82) is 0 Å². The van der Waals surface area contributed by atoms with Crippen molar-refractivity contribution in [3.05, 3.63) is 42.0 Å². The molecule has 1 atom stereocenters. The Bertz CT molecular complexity index is 467. The summed E-state index contributed by atoms with van der Waals surface area (Å²) in [5.41, 5.74) is 0.928. The van der Waals surface area contributed by atoms with Gasteiger partial charge in [-0.05, 0) is 24.5 Å². The number of aliphatic carboxylic acids is 1. The number of hydrogen-bond acceptors (Lipinski definition) is 2. The molecule has 1 aliphatic heterocycles. The molecule has 0 spiro atoms. The van der Waals surface area contributed by atoms with E-state index in [9.17, 15) is 9.59 Å². The van der Waals surface area contributed by atoms with E-state index in [1.807, 2.05) is 30.3 Å². The van der Waals surface area contributed by atoms with E-state index < -0.39 is 12.0 Å². The third kappa shape index (κ3) is 2.77. The first-order valence-electron chi connectivity index (χ1n) is 5.95. The molecule has 0 aliphatic carbocycles. The van der Waals surface area contributed by atoms with E-state index in [0.29, 0.717) is 13.0 Å². The van der Waals surface area contributed by atoms with Gasteiger partial charge < -0.3 is 10.0 Å². The van der Waals surface area contributed by atoms with Crippen molar-refractivity contribution in [2.45, 2.75) is 18.9 Å². The molecule has 1 N–H and O–H groups in total. The van der Waals surface area contributed by atoms with Gasteiger partial charge in [-0.3, -0.25) is 4.79 Å². The highest BCUT2D eigenvalue weighted by molar-refractivity contribution is 5.94. The predicted octanol–water partition coefficient (Wildman–Crippen LogP) is 1.78. The van der Waals surface area contributed by atoms with Crippen LogP contribution in [0.4, 0.5) is 0 Å². The second-order valence-corrected chi connectivity index (χ2v) is 4.27. The number of carbonyl (C=O) groups is 2. The lowest BCUT2D eigenvalue weighted by molar-refractivity contribution is -0.146. The van der Waals surface area contributed by atoms with Crippen LogP contribution in [0, 0.1) is 0 Å². The standard InChI is InChI=1S/C14H15NO3/c16-13(9-8-11-5-2-1-3-6-11)15-10-4-7-12(15)14(17)18/h1-3,5-6,8-9,12H,4,7,10H2,(H,17,18)/b9-8-/t12-/m0/s1. The molecule has 1 amide bonds. The first-order chi connectivity index (χ1) is 8.68. The average molecular weight is 245 g/mol. The number of nitrogens with zero attached hydrogens (tertiary/aromatic N) is 1. The fourth-order valence-corrected chi connectivity index (χ4v) is 2.11. The molecule has 4 heteroatoms. The van der Waals surface area contributed by atoms with Gasteiger partial charge in [0, 0.05) is 12.6 Å². The maximum atomic E-state index is 11.9. The zero-order valence-electron chi connectivity index (χ0n) is 9.95. The molecular formula is C14H15NO3. The summed E-state index contributed by atoms with van der Waals surface area (Å²) in [6, 6.07) is 8.79. The third-order valence-electron chi connectivity index (χ3n) is 3.04. The van der Waals surface area contributed by atoms with Gasteiger partial charge >= 0.3 is 5.97 Å². The van der Waals surface area contributed by atoms with Crippen molar-refractivity contribution in [2.24, 2.45) is 0 Å². The summed E-state index contributed by atoms with van der Waals surface area (Å²) >= 11 is 0. The minimum Gasteiger partial charge on any atom is -0.480 e. The van der Waals surface area contributed by atoms with Crippen LogP contribution in [0.1, 0.15) is 18.4 Å². The number of carboxylic acid groups (broad SMARTS) is 1. The number of hydrogen-bond donors (Lipinski definition) is 1. The number of benzene rings is 1. The van der Waals surface area contributed by atoms with Gasteiger partial charge in [0.05, 0.1) is 0 Å². The van der Waals surface area contributed by atoms with E-state index in [1.54, 1.807) is 6.08 Å². The van der Waals surface area contributed by atoms with E-state index in [-0.39, 0.29) is 5.91 Å². The van der Waals surface area contributed by atoms with Crippen LogP contribution in [-0.2, 0) is 9.59 Å². The molecule has 18 heavy (non-hydrogen) atoms. The van der Waals surface area contributed by atoms with E-state index in [4.69, 9.17) is 5.11 Å². The third-order valence-corrected chi connectivity index (χ3v) is 3.04. The molecule has 1 aromatic carbocycles. The SMILES string of the molecule is O=C(O)[C@@H]1CCCN1C(=O)/C=C\c1ccccc1. The van der Waals surface area contributed by atoms with Crippen LogP contribution in [0.15, 0.2) is 36.4 Å². The van der Waals surface area contributed by atoms with Gasteiger partial charge in [0.25, 0.3) is 0 Å². The molecule has 0 aromatic heterocycles. The van der Waals surface area contributed by atoms with Gasteiger partial charge in [0.1, 0.15) is 6.04 Å². The van der Waals surface area contributed by atoms with Gasteiger partial charge in [-0.25, -0.2) is 4.79 Å². The number of carboxylic acids is 1. The highest BCUT2D eigenvalue weighted by Crippen LogP contribution is 2.18. The molecular weight excluding hydrogens is 230 g/mol. The van der Waals surface area contributed by atoms with E-state index >= 15 is 0 Å². The number of amides is 1. The topological polar surface area (TPSA) is 57.6 Å². The lowest BCUT2D eigenvalue weighted by atomic mass is 10.2. The Hall–Kier alpha value is -2.10. The predicted molar refractivity (Wildman–Crippen MR) is 67.8 cm³/mol. The lowest BCUT2D eigenvalue weighted by Crippen LogP contribution is -2.39. The fraction of sp³-hybridized carbons (Fsp3) is 0.286. The average Bonchev–Trinajstić information content (AvgIpc) is 2.86. The smallest absolute Gasteiger partial charge is 0.326 e. The molecule has 0 unspecified atom stereocenters. The molecule has 1 heterocycles. The molecule has 2 rings (SSSR count). The van der Waals surface area contributed by atoms with Crippen molar-refractivity contribution in [1.82, 2.24) is 4.90 Å². The molecule has 1 aromatic rings. The van der Waals surface area contributed by atoms with Crippen LogP contribution in [-0.4, -0.2) is 34.5 Å². The van der Waals surface area contributed by atoms with Crippen LogP contribution in [0.2, 0.25) is 0 Å². The Morgan fingerprint density at radius 3 is 2.67 bits per heavy atom. The minimum atomic E-state index is -0.922. The second-order valence-electron chi connectivity index (χ2n) is 4.27. The van der Waals surface area contributed by atoms with Gasteiger partial charge in [0.2, 0.25) is 5.91 Å². The largest absolute Gasteiger partial charge is 0.480 e. The molecule has 0 radical (unpaired) electrons. The molecule has 4 nitrogen and oxygen atoms in total. The van der Waals surface area contributed by atoms with E-state index in [2.05, 4.69) is 0 Å². The lowest BCUT2D eigenvalue weighted by Gasteiger charge is -2.19. The molecule has 94 valence electrons.